The van der Waals surface area contributed by atoms with E-state index < -0.39 is 0 Å². The lowest BCUT2D eigenvalue weighted by Gasteiger charge is -2.37. The molecule has 0 spiro atoms. The summed E-state index contributed by atoms with van der Waals surface area (Å²) in [5, 5.41) is 1.26. The number of hydrogen-bond donors (Lipinski definition) is 1. The number of rotatable bonds is 4. The molecule has 0 unspecified atom stereocenters. The number of hydrogen-bond acceptors (Lipinski definition) is 4. The first-order chi connectivity index (χ1) is 15.2. The van der Waals surface area contributed by atoms with Gasteiger partial charge in [0.25, 0.3) is 11.8 Å². The average molecular weight is 460 g/mol. The highest BCUT2D eigenvalue weighted by Crippen LogP contribution is 2.27. The Labute approximate surface area is 195 Å². The summed E-state index contributed by atoms with van der Waals surface area (Å²) in [4.78, 5) is 37.9. The number of halogens is 1. The Bertz CT molecular complexity index is 986. The first-order valence-electron chi connectivity index (χ1n) is 11.6. The Hall–Kier alpha value is -2.09. The molecule has 1 aromatic heterocycles. The van der Waals surface area contributed by atoms with Crippen LogP contribution in [0.25, 0.3) is 10.9 Å². The summed E-state index contributed by atoms with van der Waals surface area (Å²) in [5.74, 6) is -0.0190. The molecule has 1 aromatic carbocycles. The minimum atomic E-state index is -0.0154. The molecule has 0 saturated carbocycles. The van der Waals surface area contributed by atoms with Gasteiger partial charge in [0, 0.05) is 75.4 Å². The molecule has 0 radical (unpaired) electrons. The van der Waals surface area contributed by atoms with E-state index in [9.17, 15) is 9.59 Å². The summed E-state index contributed by atoms with van der Waals surface area (Å²) in [5.41, 5.74) is 1.80. The van der Waals surface area contributed by atoms with Gasteiger partial charge in [0.15, 0.2) is 0 Å². The van der Waals surface area contributed by atoms with Gasteiger partial charge in [-0.3, -0.25) is 19.4 Å². The minimum absolute atomic E-state index is 0.00362. The number of piperazine rings is 2. The number of amides is 2. The van der Waals surface area contributed by atoms with Crippen molar-refractivity contribution in [3.05, 3.63) is 34.5 Å². The van der Waals surface area contributed by atoms with E-state index in [0.717, 1.165) is 31.6 Å². The second-order valence-corrected chi connectivity index (χ2v) is 9.86. The second kappa shape index (κ2) is 9.41. The van der Waals surface area contributed by atoms with Gasteiger partial charge < -0.3 is 14.8 Å². The van der Waals surface area contributed by atoms with Crippen molar-refractivity contribution in [3.63, 3.8) is 0 Å². The van der Waals surface area contributed by atoms with Gasteiger partial charge >= 0.3 is 0 Å². The molecule has 2 fully saturated rings. The molecule has 2 aromatic rings. The number of aromatic amines is 1. The zero-order valence-corrected chi connectivity index (χ0v) is 20.3. The SMILES string of the molecule is CC(C)N1CCN(C(=O)c2cc(Cl)c3[nH]c(C(=O)N4CCN(C(C)C)CC4)cc3c2)CC1. The average Bonchev–Trinajstić information content (AvgIpc) is 3.23. The molecule has 0 atom stereocenters. The maximum absolute atomic E-state index is 13.1. The summed E-state index contributed by atoms with van der Waals surface area (Å²) in [7, 11) is 0. The van der Waals surface area contributed by atoms with Crippen LogP contribution in [0, 0.1) is 0 Å². The molecular weight excluding hydrogens is 426 g/mol. The van der Waals surface area contributed by atoms with Gasteiger partial charge in [-0.25, -0.2) is 0 Å². The molecule has 0 bridgehead atoms. The minimum Gasteiger partial charge on any atom is -0.349 e. The Morgan fingerprint density at radius 2 is 1.28 bits per heavy atom. The quantitative estimate of drug-likeness (QED) is 0.762. The molecule has 7 nitrogen and oxygen atoms in total. The van der Waals surface area contributed by atoms with Crippen LogP contribution >= 0.6 is 11.6 Å². The van der Waals surface area contributed by atoms with E-state index in [4.69, 9.17) is 11.6 Å². The van der Waals surface area contributed by atoms with E-state index >= 15 is 0 Å². The summed E-state index contributed by atoms with van der Waals surface area (Å²) < 4.78 is 0. The van der Waals surface area contributed by atoms with Crippen LogP contribution in [0.3, 0.4) is 0 Å². The van der Waals surface area contributed by atoms with E-state index in [0.29, 0.717) is 60.1 Å². The van der Waals surface area contributed by atoms with E-state index in [-0.39, 0.29) is 11.8 Å². The smallest absolute Gasteiger partial charge is 0.270 e. The van der Waals surface area contributed by atoms with E-state index in [1.54, 1.807) is 6.07 Å². The van der Waals surface area contributed by atoms with Gasteiger partial charge in [0.1, 0.15) is 5.69 Å². The highest BCUT2D eigenvalue weighted by atomic mass is 35.5. The lowest BCUT2D eigenvalue weighted by Crippen LogP contribution is -2.50. The van der Waals surface area contributed by atoms with Crippen LogP contribution < -0.4 is 0 Å². The van der Waals surface area contributed by atoms with Crippen molar-refractivity contribution in [1.29, 1.82) is 0 Å². The van der Waals surface area contributed by atoms with Crippen molar-refractivity contribution in [2.75, 3.05) is 52.4 Å². The maximum Gasteiger partial charge on any atom is 0.270 e. The van der Waals surface area contributed by atoms with E-state index in [2.05, 4.69) is 42.5 Å². The fourth-order valence-electron chi connectivity index (χ4n) is 4.67. The summed E-state index contributed by atoms with van der Waals surface area (Å²) in [6.07, 6.45) is 0. The van der Waals surface area contributed by atoms with Crippen molar-refractivity contribution in [1.82, 2.24) is 24.6 Å². The fraction of sp³-hybridized carbons (Fsp3) is 0.583. The molecule has 2 aliphatic heterocycles. The first kappa shape index (κ1) is 23.1. The third kappa shape index (κ3) is 4.65. The van der Waals surface area contributed by atoms with Crippen LogP contribution in [-0.2, 0) is 0 Å². The first-order valence-corrected chi connectivity index (χ1v) is 12.0. The molecule has 8 heteroatoms. The highest BCUT2D eigenvalue weighted by molar-refractivity contribution is 6.35. The molecule has 32 heavy (non-hydrogen) atoms. The van der Waals surface area contributed by atoms with Gasteiger partial charge in [-0.1, -0.05) is 11.6 Å². The van der Waals surface area contributed by atoms with Crippen molar-refractivity contribution in [2.45, 2.75) is 39.8 Å². The molecule has 3 heterocycles. The molecule has 1 N–H and O–H groups in total. The molecule has 4 rings (SSSR count). The van der Waals surface area contributed by atoms with Crippen molar-refractivity contribution < 1.29 is 9.59 Å². The number of carbonyl (C=O) groups is 2. The van der Waals surface area contributed by atoms with Gasteiger partial charge in [0.2, 0.25) is 0 Å². The van der Waals surface area contributed by atoms with Crippen molar-refractivity contribution >= 4 is 34.3 Å². The molecule has 2 amide bonds. The monoisotopic (exact) mass is 459 g/mol. The number of H-pyrrole nitrogens is 1. The summed E-state index contributed by atoms with van der Waals surface area (Å²) >= 11 is 6.53. The van der Waals surface area contributed by atoms with Gasteiger partial charge in [-0.05, 0) is 45.9 Å². The third-order valence-corrected chi connectivity index (χ3v) is 7.12. The Balaban J connectivity index is 1.49. The van der Waals surface area contributed by atoms with Crippen molar-refractivity contribution in [2.24, 2.45) is 0 Å². The van der Waals surface area contributed by atoms with Gasteiger partial charge in [0.05, 0.1) is 10.5 Å². The van der Waals surface area contributed by atoms with E-state index in [1.807, 2.05) is 21.9 Å². The molecule has 2 saturated heterocycles. The number of nitrogens with one attached hydrogen (secondary N) is 1. The normalized spacial score (nSPS) is 18.8. The van der Waals surface area contributed by atoms with Crippen molar-refractivity contribution in [3.8, 4) is 0 Å². The number of benzene rings is 1. The summed E-state index contributed by atoms with van der Waals surface area (Å²) in [6.45, 7) is 15.1. The van der Waals surface area contributed by atoms with Crippen LogP contribution in [0.15, 0.2) is 18.2 Å². The highest BCUT2D eigenvalue weighted by Gasteiger charge is 2.26. The zero-order chi connectivity index (χ0) is 23.0. The van der Waals surface area contributed by atoms with E-state index in [1.165, 1.54) is 0 Å². The molecule has 0 aliphatic carbocycles. The third-order valence-electron chi connectivity index (χ3n) is 6.82. The molecular formula is C24H34ClN5O2. The Morgan fingerprint density at radius 1 is 0.781 bits per heavy atom. The number of nitrogens with zero attached hydrogens (tertiary/aromatic N) is 4. The number of carbonyl (C=O) groups excluding carboxylic acids is 2. The van der Waals surface area contributed by atoms with Crippen LogP contribution in [0.4, 0.5) is 0 Å². The topological polar surface area (TPSA) is 62.9 Å². The number of fused-ring (bicyclic) bond motifs is 1. The van der Waals surface area contributed by atoms with Crippen LogP contribution in [0.2, 0.25) is 5.02 Å². The zero-order valence-electron chi connectivity index (χ0n) is 19.5. The fourth-order valence-corrected chi connectivity index (χ4v) is 4.95. The second-order valence-electron chi connectivity index (χ2n) is 9.45. The Kier molecular flexibility index (Phi) is 6.79. The van der Waals surface area contributed by atoms with Gasteiger partial charge in [-0.15, -0.1) is 0 Å². The maximum atomic E-state index is 13.1. The standard InChI is InChI=1S/C24H34ClN5O2/c1-16(2)27-5-9-29(10-6-27)23(31)19-13-18-15-21(26-22(18)20(25)14-19)24(32)30-11-7-28(8-12-30)17(3)4/h13-17,26H,5-12H2,1-4H3. The Morgan fingerprint density at radius 3 is 1.78 bits per heavy atom. The van der Waals surface area contributed by atoms with Crippen LogP contribution in [0.5, 0.6) is 0 Å². The number of aromatic nitrogens is 1. The lowest BCUT2D eigenvalue weighted by atomic mass is 10.1. The largest absolute Gasteiger partial charge is 0.349 e. The summed E-state index contributed by atoms with van der Waals surface area (Å²) in [6, 6.07) is 6.37. The molecule has 174 valence electrons. The van der Waals surface area contributed by atoms with Gasteiger partial charge in [-0.2, -0.15) is 0 Å². The lowest BCUT2D eigenvalue weighted by molar-refractivity contribution is 0.0588. The van der Waals surface area contributed by atoms with Crippen LogP contribution in [0.1, 0.15) is 48.5 Å². The predicted molar refractivity (Wildman–Crippen MR) is 129 cm³/mol. The molecule has 2 aliphatic rings. The van der Waals surface area contributed by atoms with Crippen LogP contribution in [-0.4, -0.2) is 101 Å². The predicted octanol–water partition coefficient (Wildman–Crippen LogP) is 3.15.